The first-order chi connectivity index (χ1) is 14.0. The van der Waals surface area contributed by atoms with Crippen molar-refractivity contribution in [1.29, 1.82) is 0 Å². The summed E-state index contributed by atoms with van der Waals surface area (Å²) in [6, 6.07) is 9.36. The summed E-state index contributed by atoms with van der Waals surface area (Å²) >= 11 is 0. The maximum Gasteiger partial charge on any atom is 0.406 e. The maximum absolute atomic E-state index is 13.1. The van der Waals surface area contributed by atoms with Gasteiger partial charge in [-0.3, -0.25) is 14.5 Å². The smallest absolute Gasteiger partial charge is 0.339 e. The number of imide groups is 1. The van der Waals surface area contributed by atoms with Crippen LogP contribution in [0.2, 0.25) is 0 Å². The molecule has 1 aromatic heterocycles. The van der Waals surface area contributed by atoms with Gasteiger partial charge in [-0.2, -0.15) is 13.2 Å². The SMILES string of the molecule is CC[C@]1(c2ccccc2)NC(=O)N(CC(=O)c2cc(C)n(CC(F)(F)F)c2C)C1=O. The number of rotatable bonds is 6. The summed E-state index contributed by atoms with van der Waals surface area (Å²) in [6.07, 6.45) is -4.15. The van der Waals surface area contributed by atoms with E-state index in [9.17, 15) is 27.6 Å². The summed E-state index contributed by atoms with van der Waals surface area (Å²) in [5.74, 6) is -1.15. The molecule has 3 rings (SSSR count). The normalized spacial score (nSPS) is 19.3. The van der Waals surface area contributed by atoms with Gasteiger partial charge in [-0.15, -0.1) is 0 Å². The number of hydrogen-bond donors (Lipinski definition) is 1. The van der Waals surface area contributed by atoms with Gasteiger partial charge in [-0.1, -0.05) is 37.3 Å². The van der Waals surface area contributed by atoms with Crippen molar-refractivity contribution in [2.45, 2.75) is 45.5 Å². The number of ketones is 1. The number of Topliss-reactive ketones (excluding diaryl/α,β-unsaturated/α-hetero) is 1. The molecule has 0 saturated carbocycles. The van der Waals surface area contributed by atoms with E-state index in [4.69, 9.17) is 0 Å². The fourth-order valence-electron chi connectivity index (χ4n) is 3.87. The number of aromatic nitrogens is 1. The van der Waals surface area contributed by atoms with E-state index in [0.717, 1.165) is 9.47 Å². The van der Waals surface area contributed by atoms with E-state index in [1.165, 1.54) is 19.9 Å². The highest BCUT2D eigenvalue weighted by atomic mass is 19.4. The van der Waals surface area contributed by atoms with Crippen LogP contribution in [0.1, 0.15) is 40.7 Å². The van der Waals surface area contributed by atoms with Crippen LogP contribution in [0.3, 0.4) is 0 Å². The molecule has 0 bridgehead atoms. The molecule has 160 valence electrons. The molecule has 2 aromatic rings. The van der Waals surface area contributed by atoms with Crippen molar-refractivity contribution >= 4 is 17.7 Å². The Kier molecular flexibility index (Phi) is 5.49. The molecule has 1 saturated heterocycles. The second-order valence-electron chi connectivity index (χ2n) is 7.36. The van der Waals surface area contributed by atoms with Crippen LogP contribution in [0.4, 0.5) is 18.0 Å². The molecule has 9 heteroatoms. The lowest BCUT2D eigenvalue weighted by atomic mass is 9.87. The molecule has 30 heavy (non-hydrogen) atoms. The van der Waals surface area contributed by atoms with Crippen molar-refractivity contribution < 1.29 is 27.6 Å². The predicted molar refractivity (Wildman–Crippen MR) is 103 cm³/mol. The fraction of sp³-hybridized carbons (Fsp3) is 0.381. The third-order valence-electron chi connectivity index (χ3n) is 5.49. The Morgan fingerprint density at radius 2 is 1.77 bits per heavy atom. The lowest BCUT2D eigenvalue weighted by Gasteiger charge is -2.25. The first-order valence-corrected chi connectivity index (χ1v) is 9.46. The Labute approximate surface area is 171 Å². The lowest BCUT2D eigenvalue weighted by Crippen LogP contribution is -2.43. The average Bonchev–Trinajstić information content (AvgIpc) is 3.10. The summed E-state index contributed by atoms with van der Waals surface area (Å²) < 4.78 is 39.4. The van der Waals surface area contributed by atoms with Gasteiger partial charge in [-0.05, 0) is 31.9 Å². The van der Waals surface area contributed by atoms with Gasteiger partial charge < -0.3 is 9.88 Å². The van der Waals surface area contributed by atoms with E-state index in [-0.39, 0.29) is 23.4 Å². The molecule has 1 fully saturated rings. The second kappa shape index (κ2) is 7.62. The zero-order valence-electron chi connectivity index (χ0n) is 16.8. The van der Waals surface area contributed by atoms with Crippen LogP contribution < -0.4 is 5.32 Å². The Bertz CT molecular complexity index is 998. The van der Waals surface area contributed by atoms with Gasteiger partial charge in [-0.25, -0.2) is 4.79 Å². The summed E-state index contributed by atoms with van der Waals surface area (Å²) in [6.45, 7) is 2.88. The van der Waals surface area contributed by atoms with Gasteiger partial charge >= 0.3 is 12.2 Å². The van der Waals surface area contributed by atoms with Gasteiger partial charge in [0, 0.05) is 17.0 Å². The van der Waals surface area contributed by atoms with Crippen LogP contribution in [0, 0.1) is 13.8 Å². The molecule has 0 aliphatic carbocycles. The first-order valence-electron chi connectivity index (χ1n) is 9.46. The third kappa shape index (κ3) is 3.71. The first kappa shape index (κ1) is 21.6. The van der Waals surface area contributed by atoms with Gasteiger partial charge in [0.25, 0.3) is 5.91 Å². The minimum absolute atomic E-state index is 0.0612. The van der Waals surface area contributed by atoms with Crippen LogP contribution in [0.15, 0.2) is 36.4 Å². The molecule has 0 unspecified atom stereocenters. The highest BCUT2D eigenvalue weighted by molar-refractivity contribution is 6.11. The monoisotopic (exact) mass is 421 g/mol. The minimum Gasteiger partial charge on any atom is -0.339 e. The van der Waals surface area contributed by atoms with Crippen molar-refractivity contribution in [2.24, 2.45) is 0 Å². The van der Waals surface area contributed by atoms with Gasteiger partial charge in [0.15, 0.2) is 5.78 Å². The van der Waals surface area contributed by atoms with Gasteiger partial charge in [0.1, 0.15) is 12.1 Å². The highest BCUT2D eigenvalue weighted by Crippen LogP contribution is 2.32. The third-order valence-corrected chi connectivity index (χ3v) is 5.49. The number of carbonyl (C=O) groups is 3. The summed E-state index contributed by atoms with van der Waals surface area (Å²) in [5, 5.41) is 2.68. The number of alkyl halides is 3. The largest absolute Gasteiger partial charge is 0.406 e. The summed E-state index contributed by atoms with van der Waals surface area (Å²) in [7, 11) is 0. The minimum atomic E-state index is -4.43. The zero-order valence-corrected chi connectivity index (χ0v) is 16.8. The number of urea groups is 1. The molecular weight excluding hydrogens is 399 g/mol. The standard InChI is InChI=1S/C21H22F3N3O3/c1-4-20(15-8-6-5-7-9-15)18(29)26(19(30)25-20)11-17(28)16-10-13(2)27(14(16)3)12-21(22,23)24/h5-10H,4,11-12H2,1-3H3,(H,25,30)/t20-/m1/s1. The predicted octanol–water partition coefficient (Wildman–Crippen LogP) is 3.71. The maximum atomic E-state index is 13.1. The van der Waals surface area contributed by atoms with E-state index in [2.05, 4.69) is 5.32 Å². The second-order valence-corrected chi connectivity index (χ2v) is 7.36. The number of nitrogens with one attached hydrogen (secondary N) is 1. The van der Waals surface area contributed by atoms with Crippen molar-refractivity contribution in [3.63, 3.8) is 0 Å². The Morgan fingerprint density at radius 3 is 2.33 bits per heavy atom. The molecule has 0 radical (unpaired) electrons. The number of aryl methyl sites for hydroxylation is 1. The topological polar surface area (TPSA) is 71.4 Å². The Morgan fingerprint density at radius 1 is 1.13 bits per heavy atom. The van der Waals surface area contributed by atoms with Crippen LogP contribution in [-0.4, -0.2) is 39.9 Å². The number of nitrogens with zero attached hydrogens (tertiary/aromatic N) is 2. The number of halogens is 3. The molecule has 2 heterocycles. The van der Waals surface area contributed by atoms with Crippen LogP contribution in [0.25, 0.3) is 0 Å². The molecular formula is C21H22F3N3O3. The van der Waals surface area contributed by atoms with Gasteiger partial charge in [0.05, 0.1) is 6.54 Å². The molecule has 0 spiro atoms. The Hall–Kier alpha value is -3.10. The highest BCUT2D eigenvalue weighted by Gasteiger charge is 2.51. The number of amides is 3. The van der Waals surface area contributed by atoms with Crippen molar-refractivity contribution in [1.82, 2.24) is 14.8 Å². The molecule has 1 aliphatic rings. The molecule has 1 N–H and O–H groups in total. The average molecular weight is 421 g/mol. The quantitative estimate of drug-likeness (QED) is 0.571. The van der Waals surface area contributed by atoms with E-state index < -0.39 is 42.5 Å². The van der Waals surface area contributed by atoms with Crippen molar-refractivity contribution in [3.8, 4) is 0 Å². The van der Waals surface area contributed by atoms with Crippen LogP contribution in [0.5, 0.6) is 0 Å². The van der Waals surface area contributed by atoms with Crippen LogP contribution >= 0.6 is 0 Å². The van der Waals surface area contributed by atoms with E-state index in [0.29, 0.717) is 5.56 Å². The number of benzene rings is 1. The molecule has 1 atom stereocenters. The number of carbonyl (C=O) groups excluding carboxylic acids is 3. The lowest BCUT2D eigenvalue weighted by molar-refractivity contribution is -0.141. The molecule has 6 nitrogen and oxygen atoms in total. The molecule has 1 aromatic carbocycles. The van der Waals surface area contributed by atoms with E-state index >= 15 is 0 Å². The summed E-state index contributed by atoms with van der Waals surface area (Å²) in [4.78, 5) is 39.3. The number of hydrogen-bond acceptors (Lipinski definition) is 3. The van der Waals surface area contributed by atoms with Gasteiger partial charge in [0.2, 0.25) is 0 Å². The molecule has 3 amide bonds. The van der Waals surface area contributed by atoms with Crippen LogP contribution in [-0.2, 0) is 16.9 Å². The van der Waals surface area contributed by atoms with Crippen molar-refractivity contribution in [3.05, 3.63) is 58.9 Å². The molecule has 1 aliphatic heterocycles. The fourth-order valence-corrected chi connectivity index (χ4v) is 3.87. The van der Waals surface area contributed by atoms with E-state index in [1.54, 1.807) is 37.3 Å². The van der Waals surface area contributed by atoms with Crippen molar-refractivity contribution in [2.75, 3.05) is 6.54 Å². The summed E-state index contributed by atoms with van der Waals surface area (Å²) in [5.41, 5.74) is -0.189. The van der Waals surface area contributed by atoms with E-state index in [1.807, 2.05) is 0 Å². The zero-order chi connectivity index (χ0) is 22.3. The Balaban J connectivity index is 1.87.